The van der Waals surface area contributed by atoms with Crippen molar-refractivity contribution in [2.45, 2.75) is 40.5 Å². The minimum atomic E-state index is -0.660. The lowest BCUT2D eigenvalue weighted by atomic mass is 9.92. The van der Waals surface area contributed by atoms with Crippen molar-refractivity contribution < 1.29 is 8.78 Å². The zero-order valence-electron chi connectivity index (χ0n) is 12.1. The van der Waals surface area contributed by atoms with Crippen LogP contribution in [0.25, 0.3) is 0 Å². The van der Waals surface area contributed by atoms with Crippen LogP contribution in [0.5, 0.6) is 0 Å². The minimum Gasteiger partial charge on any atom is -0.368 e. The Morgan fingerprint density at radius 1 is 1.05 bits per heavy atom. The molecule has 108 valence electrons. The second kappa shape index (κ2) is 6.68. The Bertz CT molecular complexity index is 414. The molecule has 1 aromatic heterocycles. The zero-order valence-corrected chi connectivity index (χ0v) is 12.1. The highest BCUT2D eigenvalue weighted by Crippen LogP contribution is 2.21. The summed E-state index contributed by atoms with van der Waals surface area (Å²) in [5.41, 5.74) is 0.160. The first-order chi connectivity index (χ1) is 8.83. The van der Waals surface area contributed by atoms with Crippen LogP contribution in [-0.2, 0) is 0 Å². The van der Waals surface area contributed by atoms with Crippen LogP contribution < -0.4 is 10.6 Å². The van der Waals surface area contributed by atoms with Gasteiger partial charge in [0.15, 0.2) is 23.3 Å². The van der Waals surface area contributed by atoms with Crippen LogP contribution in [0.3, 0.4) is 0 Å². The van der Waals surface area contributed by atoms with Crippen molar-refractivity contribution in [1.82, 2.24) is 4.98 Å². The van der Waals surface area contributed by atoms with Crippen molar-refractivity contribution in [3.8, 4) is 0 Å². The fourth-order valence-corrected chi connectivity index (χ4v) is 1.51. The molecule has 0 bridgehead atoms. The molecule has 1 aromatic rings. The van der Waals surface area contributed by atoms with E-state index in [1.165, 1.54) is 0 Å². The Balaban J connectivity index is 2.71. The summed E-state index contributed by atoms with van der Waals surface area (Å²) in [6, 6.07) is 0.865. The van der Waals surface area contributed by atoms with E-state index in [1.54, 1.807) is 0 Å². The van der Waals surface area contributed by atoms with E-state index in [2.05, 4.69) is 36.4 Å². The molecule has 0 aliphatic carbocycles. The van der Waals surface area contributed by atoms with E-state index in [1.807, 2.05) is 6.92 Å². The van der Waals surface area contributed by atoms with Gasteiger partial charge in [-0.2, -0.15) is 0 Å². The molecule has 0 spiro atoms. The van der Waals surface area contributed by atoms with Gasteiger partial charge >= 0.3 is 0 Å². The van der Waals surface area contributed by atoms with Crippen LogP contribution >= 0.6 is 0 Å². The maximum absolute atomic E-state index is 13.6. The van der Waals surface area contributed by atoms with Crippen molar-refractivity contribution in [2.75, 3.05) is 23.7 Å². The van der Waals surface area contributed by atoms with Crippen molar-refractivity contribution >= 4 is 11.6 Å². The van der Waals surface area contributed by atoms with Gasteiger partial charge in [-0.3, -0.25) is 0 Å². The second-order valence-corrected chi connectivity index (χ2v) is 5.81. The van der Waals surface area contributed by atoms with Gasteiger partial charge < -0.3 is 10.6 Å². The summed E-state index contributed by atoms with van der Waals surface area (Å²) in [5.74, 6) is -1.12. The lowest BCUT2D eigenvalue weighted by Crippen LogP contribution is -2.15. The van der Waals surface area contributed by atoms with Crippen LogP contribution in [0, 0.1) is 17.0 Å². The summed E-state index contributed by atoms with van der Waals surface area (Å²) in [4.78, 5) is 3.96. The van der Waals surface area contributed by atoms with Gasteiger partial charge in [0.25, 0.3) is 0 Å². The van der Waals surface area contributed by atoms with Gasteiger partial charge in [-0.05, 0) is 18.3 Å². The monoisotopic (exact) mass is 271 g/mol. The molecular formula is C14H23F2N3. The molecule has 1 heterocycles. The topological polar surface area (TPSA) is 37.0 Å². The third-order valence-corrected chi connectivity index (χ3v) is 2.64. The Morgan fingerprint density at radius 3 is 2.05 bits per heavy atom. The van der Waals surface area contributed by atoms with Gasteiger partial charge in [-0.25, -0.2) is 13.8 Å². The maximum atomic E-state index is 13.6. The standard InChI is InChI=1S/C14H23F2N3/c1-5-7-17-12-10(15)9-11(16)13(19-12)18-8-6-14(2,3)4/h9H,5-8H2,1-4H3,(H2,17,18,19). The normalized spacial score (nSPS) is 11.5. The molecule has 0 unspecified atom stereocenters. The van der Waals surface area contributed by atoms with Crippen LogP contribution in [0.4, 0.5) is 20.4 Å². The van der Waals surface area contributed by atoms with E-state index < -0.39 is 11.6 Å². The predicted molar refractivity (Wildman–Crippen MR) is 75.5 cm³/mol. The van der Waals surface area contributed by atoms with E-state index in [-0.39, 0.29) is 17.1 Å². The number of halogens is 2. The van der Waals surface area contributed by atoms with Gasteiger partial charge in [-0.1, -0.05) is 27.7 Å². The highest BCUT2D eigenvalue weighted by molar-refractivity contribution is 5.47. The maximum Gasteiger partial charge on any atom is 0.168 e. The van der Waals surface area contributed by atoms with Crippen LogP contribution in [0.1, 0.15) is 40.5 Å². The number of pyridine rings is 1. The van der Waals surface area contributed by atoms with Gasteiger partial charge in [0, 0.05) is 19.2 Å². The fourth-order valence-electron chi connectivity index (χ4n) is 1.51. The molecular weight excluding hydrogens is 248 g/mol. The number of aromatic nitrogens is 1. The number of hydrogen-bond donors (Lipinski definition) is 2. The molecule has 0 amide bonds. The number of nitrogens with zero attached hydrogens (tertiary/aromatic N) is 1. The van der Waals surface area contributed by atoms with E-state index >= 15 is 0 Å². The van der Waals surface area contributed by atoms with Gasteiger partial charge in [-0.15, -0.1) is 0 Å². The molecule has 0 aliphatic heterocycles. The summed E-state index contributed by atoms with van der Waals surface area (Å²) < 4.78 is 27.1. The Labute approximate surface area is 113 Å². The molecule has 3 nitrogen and oxygen atoms in total. The quantitative estimate of drug-likeness (QED) is 0.820. The molecule has 0 saturated heterocycles. The summed E-state index contributed by atoms with van der Waals surface area (Å²) in [5, 5.41) is 5.76. The van der Waals surface area contributed by atoms with Crippen molar-refractivity contribution in [2.24, 2.45) is 5.41 Å². The van der Waals surface area contributed by atoms with Crippen LogP contribution in [-0.4, -0.2) is 18.1 Å². The van der Waals surface area contributed by atoms with Gasteiger partial charge in [0.2, 0.25) is 0 Å². The summed E-state index contributed by atoms with van der Waals surface area (Å²) in [7, 11) is 0. The molecule has 19 heavy (non-hydrogen) atoms. The SMILES string of the molecule is CCCNc1nc(NCCC(C)(C)C)c(F)cc1F. The number of rotatable bonds is 6. The van der Waals surface area contributed by atoms with Crippen molar-refractivity contribution in [3.63, 3.8) is 0 Å². The first-order valence-electron chi connectivity index (χ1n) is 6.67. The van der Waals surface area contributed by atoms with E-state index in [4.69, 9.17) is 0 Å². The molecule has 0 atom stereocenters. The number of anilines is 2. The first-order valence-corrected chi connectivity index (χ1v) is 6.67. The third-order valence-electron chi connectivity index (χ3n) is 2.64. The second-order valence-electron chi connectivity index (χ2n) is 5.81. The predicted octanol–water partition coefficient (Wildman–Crippen LogP) is 4.03. The smallest absolute Gasteiger partial charge is 0.168 e. The highest BCUT2D eigenvalue weighted by Gasteiger charge is 2.13. The zero-order chi connectivity index (χ0) is 14.5. The molecule has 1 rings (SSSR count). The highest BCUT2D eigenvalue weighted by atomic mass is 19.1. The van der Waals surface area contributed by atoms with Crippen molar-refractivity contribution in [1.29, 1.82) is 0 Å². The molecule has 0 radical (unpaired) electrons. The van der Waals surface area contributed by atoms with E-state index in [0.29, 0.717) is 13.1 Å². The van der Waals surface area contributed by atoms with Gasteiger partial charge in [0.05, 0.1) is 0 Å². The Morgan fingerprint density at radius 2 is 1.58 bits per heavy atom. The lowest BCUT2D eigenvalue weighted by Gasteiger charge is -2.18. The van der Waals surface area contributed by atoms with Gasteiger partial charge in [0.1, 0.15) is 0 Å². The molecule has 0 aliphatic rings. The molecule has 2 N–H and O–H groups in total. The largest absolute Gasteiger partial charge is 0.368 e. The third kappa shape index (κ3) is 5.41. The van der Waals surface area contributed by atoms with Crippen molar-refractivity contribution in [3.05, 3.63) is 17.7 Å². The van der Waals surface area contributed by atoms with Crippen LogP contribution in [0.2, 0.25) is 0 Å². The van der Waals surface area contributed by atoms with E-state index in [9.17, 15) is 8.78 Å². The summed E-state index contributed by atoms with van der Waals surface area (Å²) in [6.07, 6.45) is 1.73. The van der Waals surface area contributed by atoms with Crippen LogP contribution in [0.15, 0.2) is 6.07 Å². The lowest BCUT2D eigenvalue weighted by molar-refractivity contribution is 0.389. The number of hydrogen-bond acceptors (Lipinski definition) is 3. The summed E-state index contributed by atoms with van der Waals surface area (Å²) in [6.45, 7) is 9.51. The van der Waals surface area contributed by atoms with E-state index in [0.717, 1.165) is 18.9 Å². The molecule has 0 fully saturated rings. The molecule has 0 saturated carbocycles. The molecule has 0 aromatic carbocycles. The Kier molecular flexibility index (Phi) is 5.51. The molecule has 5 heteroatoms. The Hall–Kier alpha value is -1.39. The minimum absolute atomic E-state index is 0.0986. The number of nitrogens with one attached hydrogen (secondary N) is 2. The fraction of sp³-hybridized carbons (Fsp3) is 0.643. The average Bonchev–Trinajstić information content (AvgIpc) is 2.29. The average molecular weight is 271 g/mol. The summed E-state index contributed by atoms with van der Waals surface area (Å²) >= 11 is 0. The first kappa shape index (κ1) is 15.7.